The average Bonchev–Trinajstić information content (AvgIpc) is 1.60. The molecule has 20 N–H and O–H groups in total. The summed E-state index contributed by atoms with van der Waals surface area (Å²) < 4.78 is 38.0. The SMILES string of the molecule is CC[C@H](C)[C@@H]1NC(=O)CNC(=O)[C@H]2Cc3c4[nH]c5cc(ccc35)OC(=O)N(CCN(C)C(=O)OCc3ccc(NC(=O)[C@H](CC(N)=O)NC(=O)[C@H](C)NC(=O)[C@H](C)NC(=O)CCOCCOCCNC(=O)c5ccc6nc(CBr)c(CBr)nc6c5)cc3)C(C)[C@@]3(O)C[C@@H](C(=O)N[C@@H]([C@@H](C)[C@@H](O)CO)C(=O)N2)N(C3)C(=O)[C@H](CC(N)=O)NC(=O)[C@H](CS4=O)NC(=O)CNC1=O. The molecule has 700 valence electrons. The molecule has 48 heteroatoms. The molecule has 10 bridgehead atoms. The number of ether oxygens (including phenoxy) is 4. The van der Waals surface area contributed by atoms with Gasteiger partial charge in [0.1, 0.15) is 77.4 Å². The Balaban J connectivity index is 0.856. The maximum atomic E-state index is 15.4. The number of amides is 17. The number of aromatic amines is 1. The summed E-state index contributed by atoms with van der Waals surface area (Å²) in [5, 5.41) is 65.4. The number of nitrogens with zero attached hydrogens (tertiary/aromatic N) is 5. The number of carbonyl (C=O) groups is 17. The zero-order chi connectivity index (χ0) is 94.4. The van der Waals surface area contributed by atoms with Crippen LogP contribution in [0.2, 0.25) is 0 Å². The first-order chi connectivity index (χ1) is 61.2. The lowest BCUT2D eigenvalue weighted by molar-refractivity contribution is -0.144. The van der Waals surface area contributed by atoms with E-state index in [0.29, 0.717) is 44.1 Å². The lowest BCUT2D eigenvalue weighted by atomic mass is 9.90. The van der Waals surface area contributed by atoms with Gasteiger partial charge < -0.3 is 129 Å². The molecule has 1 saturated heterocycles. The molecule has 11 rings (SSSR count). The van der Waals surface area contributed by atoms with E-state index in [9.17, 15) is 77.6 Å². The second kappa shape index (κ2) is 46.3. The van der Waals surface area contributed by atoms with Crippen LogP contribution in [0.25, 0.3) is 21.9 Å². The Morgan fingerprint density at radius 2 is 1.40 bits per heavy atom. The highest BCUT2D eigenvalue weighted by molar-refractivity contribution is 9.09. The van der Waals surface area contributed by atoms with Crippen LogP contribution in [-0.4, -0.2) is 307 Å². The number of alkyl halides is 2. The number of hydrogen-bond acceptors (Lipinski definition) is 27. The van der Waals surface area contributed by atoms with Crippen molar-refractivity contribution in [1.82, 2.24) is 88.1 Å². The third kappa shape index (κ3) is 27.1. The quantitative estimate of drug-likeness (QED) is 0.0141. The molecule has 6 aliphatic heterocycles. The number of primary amides is 2. The van der Waals surface area contributed by atoms with Crippen molar-refractivity contribution in [3.8, 4) is 5.75 Å². The molecule has 3 aromatic carbocycles. The first kappa shape index (κ1) is 101. The van der Waals surface area contributed by atoms with Gasteiger partial charge in [0.05, 0.1) is 122 Å². The molecule has 8 heterocycles. The molecule has 5 aromatic rings. The van der Waals surface area contributed by atoms with Crippen LogP contribution < -0.4 is 80.0 Å². The molecule has 2 unspecified atom stereocenters. The van der Waals surface area contributed by atoms with Crippen molar-refractivity contribution in [2.75, 3.05) is 90.4 Å². The van der Waals surface area contributed by atoms with Gasteiger partial charge >= 0.3 is 12.2 Å². The van der Waals surface area contributed by atoms with Crippen molar-refractivity contribution in [2.24, 2.45) is 23.3 Å². The van der Waals surface area contributed by atoms with Gasteiger partial charge in [0, 0.05) is 85.2 Å². The summed E-state index contributed by atoms with van der Waals surface area (Å²) in [7, 11) is -1.30. The number of benzene rings is 3. The van der Waals surface area contributed by atoms with Crippen molar-refractivity contribution in [3.63, 3.8) is 0 Å². The number of nitrogens with two attached hydrogens (primary N) is 2. The van der Waals surface area contributed by atoms with Crippen LogP contribution in [-0.2, 0) is 116 Å². The van der Waals surface area contributed by atoms with Gasteiger partial charge in [0.2, 0.25) is 82.7 Å². The van der Waals surface area contributed by atoms with Crippen molar-refractivity contribution in [1.29, 1.82) is 0 Å². The minimum atomic E-state index is -2.58. The van der Waals surface area contributed by atoms with Gasteiger partial charge in [-0.05, 0) is 80.3 Å². The standard InChI is InChI=1S/C81H106Br2N20O25S/c1-8-39(2)66-75(118)88-33-64(109)94-58-37-129(124)77-49-27-53(71(114)87-34-65(110)99-66)96-76(119)67(40(3)60(105)35-104)100-74(117)59-30-81(123,38-103(59)78(120)55(29-62(85)107)97-73(58)116)43(6)102(80(122)128-47-14-15-48(49)51(26-47)98-77)20-19-101(7)79(121)127-36-44-9-12-46(13-10-44)91-72(115)54(28-61(84)106)95-69(112)42(5)90-68(111)41(4)89-63(108)17-21-125-23-24-126-22-18-86-70(113)45-11-16-50-52(25-45)93-57(32-83)56(31-82)92-50/h9-16,25-26,39-43,53-55,58-60,66-67,98,104-105,123H,8,17-24,27-38H2,1-7H3,(H2,84,106)(H2,85,107)(H,86,113)(H,87,114)(H,88,118)(H,89,108)(H,90,111)(H,91,115)(H,94,109)(H,95,112)(H,96,119)(H,97,116)(H,99,110)(H,100,117)/t39-,40-,41-,42-,43?,53+,54-,55-,58-,59-,60-,66-,67-,81+,129?/m0/s1. The van der Waals surface area contributed by atoms with Crippen molar-refractivity contribution < 1.29 is 120 Å². The Kier molecular flexibility index (Phi) is 36.2. The molecule has 6 aliphatic rings. The van der Waals surface area contributed by atoms with Gasteiger partial charge in [0.15, 0.2) is 0 Å². The second-order valence-electron chi connectivity index (χ2n) is 31.5. The molecule has 0 spiro atoms. The van der Waals surface area contributed by atoms with Gasteiger partial charge in [-0.3, -0.25) is 76.1 Å². The van der Waals surface area contributed by atoms with Crippen LogP contribution in [0.5, 0.6) is 5.75 Å². The van der Waals surface area contributed by atoms with Crippen LogP contribution in [0.1, 0.15) is 107 Å². The van der Waals surface area contributed by atoms with Crippen molar-refractivity contribution in [2.45, 2.75) is 174 Å². The number of aliphatic hydroxyl groups excluding tert-OH is 2. The Morgan fingerprint density at radius 3 is 2.06 bits per heavy atom. The van der Waals surface area contributed by atoms with Gasteiger partial charge in [-0.1, -0.05) is 71.2 Å². The fourth-order valence-corrected chi connectivity index (χ4v) is 16.6. The Morgan fingerprint density at radius 1 is 0.736 bits per heavy atom. The monoisotopic (exact) mass is 1950 g/mol. The number of likely N-dealkylation sites (N-methyl/N-ethyl adjacent to an activating group) is 1. The number of aliphatic hydroxyl groups is 3. The molecule has 15 atom stereocenters. The smallest absolute Gasteiger partial charge is 0.415 e. The number of hydrogen-bond donors (Lipinski definition) is 18. The van der Waals surface area contributed by atoms with E-state index in [-0.39, 0.29) is 78.2 Å². The molecular weight excluding hydrogens is 1840 g/mol. The minimum absolute atomic E-state index is 0.00602. The molecule has 45 nitrogen and oxygen atoms in total. The second-order valence-corrected chi connectivity index (χ2v) is 34.0. The molecule has 0 aliphatic carbocycles. The third-order valence-electron chi connectivity index (χ3n) is 22.1. The number of nitrogens with one attached hydrogen (secondary N) is 13. The van der Waals surface area contributed by atoms with E-state index < -0.39 is 267 Å². The molecule has 0 saturated carbocycles. The Hall–Kier alpha value is -12.0. The van der Waals surface area contributed by atoms with E-state index in [1.54, 1.807) is 32.0 Å². The summed E-state index contributed by atoms with van der Waals surface area (Å²) in [6.07, 6.45) is -7.20. The predicted octanol–water partition coefficient (Wildman–Crippen LogP) is -3.89. The number of halogens is 2. The van der Waals surface area contributed by atoms with E-state index >= 15 is 23.4 Å². The maximum absolute atomic E-state index is 15.4. The van der Waals surface area contributed by atoms with Gasteiger partial charge in [0.25, 0.3) is 5.91 Å². The van der Waals surface area contributed by atoms with Crippen molar-refractivity contribution >= 4 is 171 Å². The molecule has 2 aromatic heterocycles. The number of H-pyrrole nitrogens is 1. The van der Waals surface area contributed by atoms with E-state index in [4.69, 9.17) is 30.4 Å². The van der Waals surface area contributed by atoms with E-state index in [0.717, 1.165) is 21.2 Å². The number of anilines is 1. The lowest BCUT2D eigenvalue weighted by Crippen LogP contribution is -2.62. The summed E-state index contributed by atoms with van der Waals surface area (Å²) in [5.41, 5.74) is 12.3. The van der Waals surface area contributed by atoms with Crippen LogP contribution in [0.4, 0.5) is 15.3 Å². The highest BCUT2D eigenvalue weighted by Gasteiger charge is 2.55. The summed E-state index contributed by atoms with van der Waals surface area (Å²) in [4.78, 5) is 252. The fourth-order valence-electron chi connectivity index (χ4n) is 14.3. The lowest BCUT2D eigenvalue weighted by Gasteiger charge is -2.38. The van der Waals surface area contributed by atoms with Gasteiger partial charge in [-0.2, -0.15) is 0 Å². The first-order valence-corrected chi connectivity index (χ1v) is 44.8. The van der Waals surface area contributed by atoms with Crippen LogP contribution in [0.15, 0.2) is 65.7 Å². The number of aromatic nitrogens is 3. The fraction of sp³-hybridized carbons (Fsp3) is 0.519. The number of fused-ring (bicyclic) bond motifs is 5. The largest absolute Gasteiger partial charge is 0.445 e. The van der Waals surface area contributed by atoms with Crippen LogP contribution in [0.3, 0.4) is 0 Å². The van der Waals surface area contributed by atoms with E-state index in [1.165, 1.54) is 77.2 Å². The van der Waals surface area contributed by atoms with Crippen molar-refractivity contribution in [3.05, 3.63) is 88.7 Å². The predicted molar refractivity (Wildman–Crippen MR) is 464 cm³/mol. The minimum Gasteiger partial charge on any atom is -0.445 e. The number of carbonyl (C=O) groups excluding carboxylic acids is 17. The van der Waals surface area contributed by atoms with Gasteiger partial charge in [-0.25, -0.2) is 19.6 Å². The third-order valence-corrected chi connectivity index (χ3v) is 24.6. The zero-order valence-corrected chi connectivity index (χ0v) is 75.5. The highest BCUT2D eigenvalue weighted by Crippen LogP contribution is 2.36. The molecule has 17 amide bonds. The maximum Gasteiger partial charge on any atom is 0.415 e. The summed E-state index contributed by atoms with van der Waals surface area (Å²) in [5.74, 6) is -18.1. The normalized spacial score (nSPS) is 22.2. The number of rotatable bonds is 33. The molecule has 0 radical (unpaired) electrons. The van der Waals surface area contributed by atoms with Crippen LogP contribution in [0, 0.1) is 11.8 Å². The Labute approximate surface area is 757 Å². The topological polar surface area (TPSA) is 653 Å². The highest BCUT2D eigenvalue weighted by atomic mass is 79.9. The van der Waals surface area contributed by atoms with E-state index in [1.807, 2.05) is 0 Å². The molecule has 129 heavy (non-hydrogen) atoms. The van der Waals surface area contributed by atoms with Crippen LogP contribution >= 0.6 is 31.9 Å². The summed E-state index contributed by atoms with van der Waals surface area (Å²) in [6, 6.07) is -2.31. The Bertz CT molecular complexity index is 5090. The molecule has 1 fully saturated rings. The first-order valence-electron chi connectivity index (χ1n) is 41.2. The van der Waals surface area contributed by atoms with E-state index in [2.05, 4.69) is 111 Å². The van der Waals surface area contributed by atoms with Gasteiger partial charge in [-0.15, -0.1) is 0 Å². The molecular formula is C81H106Br2N20O25S. The zero-order valence-electron chi connectivity index (χ0n) is 71.5. The summed E-state index contributed by atoms with van der Waals surface area (Å²) >= 11 is 6.83. The summed E-state index contributed by atoms with van der Waals surface area (Å²) in [6.45, 7) is 3.99. The average molecular weight is 1950 g/mol.